The molecule has 0 aliphatic heterocycles. The molecule has 1 aromatic heterocycles. The van der Waals surface area contributed by atoms with Gasteiger partial charge in [-0.2, -0.15) is 5.26 Å². The number of rotatable bonds is 7. The lowest BCUT2D eigenvalue weighted by molar-refractivity contribution is 0.262. The van der Waals surface area contributed by atoms with E-state index in [1.165, 1.54) is 18.9 Å². The highest BCUT2D eigenvalue weighted by atomic mass is 35.5. The average molecular weight is 552 g/mol. The number of anilines is 2. The van der Waals surface area contributed by atoms with Crippen LogP contribution in [0, 0.1) is 11.3 Å². The molecule has 0 spiro atoms. The molecule has 4 rings (SSSR count). The summed E-state index contributed by atoms with van der Waals surface area (Å²) >= 11 is 13.2. The highest BCUT2D eigenvalue weighted by Crippen LogP contribution is 2.28. The third-order valence-electron chi connectivity index (χ3n) is 5.09. The Bertz CT molecular complexity index is 1570. The summed E-state index contributed by atoms with van der Waals surface area (Å²) in [5.41, 5.74) is 2.25. The van der Waals surface area contributed by atoms with Crippen molar-refractivity contribution in [2.45, 2.75) is 10.9 Å². The summed E-state index contributed by atoms with van der Waals surface area (Å²) in [5.74, 6) is 1.04. The van der Waals surface area contributed by atoms with Crippen molar-refractivity contribution in [1.29, 1.82) is 5.26 Å². The van der Waals surface area contributed by atoms with Gasteiger partial charge in [-0.3, -0.25) is 4.79 Å². The van der Waals surface area contributed by atoms with Gasteiger partial charge in [0.1, 0.15) is 17.4 Å². The highest BCUT2D eigenvalue weighted by molar-refractivity contribution is 7.98. The Morgan fingerprint density at radius 3 is 2.54 bits per heavy atom. The average Bonchev–Trinajstić information content (AvgIpc) is 2.89. The summed E-state index contributed by atoms with van der Waals surface area (Å²) in [4.78, 5) is 32.1. The van der Waals surface area contributed by atoms with E-state index in [1.54, 1.807) is 54.6 Å². The summed E-state index contributed by atoms with van der Waals surface area (Å²) in [6.45, 7) is 0. The zero-order chi connectivity index (χ0) is 26.4. The van der Waals surface area contributed by atoms with E-state index in [1.807, 2.05) is 18.2 Å². The van der Waals surface area contributed by atoms with E-state index in [0.717, 1.165) is 5.56 Å². The Kier molecular flexibility index (Phi) is 8.36. The van der Waals surface area contributed by atoms with Gasteiger partial charge in [0.15, 0.2) is 5.16 Å². The van der Waals surface area contributed by atoms with Crippen molar-refractivity contribution in [2.24, 2.45) is 0 Å². The van der Waals surface area contributed by atoms with Crippen LogP contribution in [0.4, 0.5) is 16.2 Å². The summed E-state index contributed by atoms with van der Waals surface area (Å²) in [6, 6.07) is 20.6. The fourth-order valence-corrected chi connectivity index (χ4v) is 4.46. The van der Waals surface area contributed by atoms with Crippen molar-refractivity contribution in [3.8, 4) is 23.1 Å². The molecular formula is C26H19Cl2N5O3S. The van der Waals surface area contributed by atoms with Crippen LogP contribution >= 0.6 is 35.0 Å². The van der Waals surface area contributed by atoms with Gasteiger partial charge in [-0.05, 0) is 48.0 Å². The number of urea groups is 1. The van der Waals surface area contributed by atoms with Gasteiger partial charge in [-0.1, -0.05) is 59.2 Å². The first kappa shape index (κ1) is 26.1. The van der Waals surface area contributed by atoms with Gasteiger partial charge in [0.2, 0.25) is 0 Å². The number of aromatic nitrogens is 2. The van der Waals surface area contributed by atoms with Gasteiger partial charge in [0.05, 0.1) is 22.8 Å². The number of nitrogens with one attached hydrogen (secondary N) is 3. The van der Waals surface area contributed by atoms with Crippen molar-refractivity contribution in [1.82, 2.24) is 9.97 Å². The Labute approximate surface area is 226 Å². The summed E-state index contributed by atoms with van der Waals surface area (Å²) < 4.78 is 5.25. The van der Waals surface area contributed by atoms with E-state index in [0.29, 0.717) is 43.6 Å². The number of thioether (sulfide) groups is 1. The van der Waals surface area contributed by atoms with E-state index in [2.05, 4.69) is 20.6 Å². The van der Waals surface area contributed by atoms with E-state index >= 15 is 0 Å². The molecule has 1 heterocycles. The minimum atomic E-state index is -0.521. The number of nitriles is 1. The first-order valence-corrected chi connectivity index (χ1v) is 12.5. The molecule has 0 aliphatic carbocycles. The number of carbonyl (C=O) groups excluding carboxylic acids is 1. The van der Waals surface area contributed by atoms with Crippen molar-refractivity contribution in [3.05, 3.63) is 98.3 Å². The molecule has 37 heavy (non-hydrogen) atoms. The van der Waals surface area contributed by atoms with Crippen molar-refractivity contribution in [2.75, 3.05) is 17.7 Å². The van der Waals surface area contributed by atoms with Crippen LogP contribution in [0.25, 0.3) is 11.3 Å². The largest absolute Gasteiger partial charge is 0.497 e. The maximum absolute atomic E-state index is 12.6. The zero-order valence-corrected chi connectivity index (χ0v) is 21.7. The van der Waals surface area contributed by atoms with Gasteiger partial charge in [-0.15, -0.1) is 0 Å². The molecule has 186 valence electrons. The predicted molar refractivity (Wildman–Crippen MR) is 147 cm³/mol. The van der Waals surface area contributed by atoms with E-state index in [9.17, 15) is 14.9 Å². The summed E-state index contributed by atoms with van der Waals surface area (Å²) in [7, 11) is 1.54. The van der Waals surface area contributed by atoms with E-state index < -0.39 is 11.6 Å². The Morgan fingerprint density at radius 2 is 1.81 bits per heavy atom. The lowest BCUT2D eigenvalue weighted by Crippen LogP contribution is -2.19. The molecule has 0 unspecified atom stereocenters. The molecule has 0 atom stereocenters. The number of nitrogens with zero attached hydrogens (tertiary/aromatic N) is 2. The number of carbonyl (C=O) groups is 1. The van der Waals surface area contributed by atoms with E-state index in [-0.39, 0.29) is 11.3 Å². The zero-order valence-electron chi connectivity index (χ0n) is 19.3. The second-order valence-electron chi connectivity index (χ2n) is 7.64. The lowest BCUT2D eigenvalue weighted by Gasteiger charge is -2.10. The number of amides is 2. The third-order valence-corrected chi connectivity index (χ3v) is 6.77. The monoisotopic (exact) mass is 551 g/mol. The molecule has 0 aliphatic rings. The van der Waals surface area contributed by atoms with Gasteiger partial charge >= 0.3 is 6.03 Å². The number of H-pyrrole nitrogens is 1. The van der Waals surface area contributed by atoms with Crippen LogP contribution in [0.5, 0.6) is 5.75 Å². The number of ether oxygens (including phenoxy) is 1. The van der Waals surface area contributed by atoms with Crippen molar-refractivity contribution >= 4 is 52.4 Å². The first-order valence-electron chi connectivity index (χ1n) is 10.8. The molecule has 11 heteroatoms. The number of aromatic amines is 1. The highest BCUT2D eigenvalue weighted by Gasteiger charge is 2.15. The first-order chi connectivity index (χ1) is 17.9. The fourth-order valence-electron chi connectivity index (χ4n) is 3.36. The quantitative estimate of drug-likeness (QED) is 0.176. The van der Waals surface area contributed by atoms with Crippen molar-refractivity contribution < 1.29 is 9.53 Å². The van der Waals surface area contributed by atoms with Gasteiger partial charge < -0.3 is 20.4 Å². The van der Waals surface area contributed by atoms with Crippen LogP contribution in [0.3, 0.4) is 0 Å². The Morgan fingerprint density at radius 1 is 1.05 bits per heavy atom. The van der Waals surface area contributed by atoms with Crippen molar-refractivity contribution in [3.63, 3.8) is 0 Å². The number of hydrogen-bond donors (Lipinski definition) is 3. The summed E-state index contributed by atoms with van der Waals surface area (Å²) in [6.07, 6.45) is 0. The Balaban J connectivity index is 1.47. The third kappa shape index (κ3) is 6.62. The fraction of sp³-hybridized carbons (Fsp3) is 0.0769. The molecule has 3 aromatic carbocycles. The van der Waals surface area contributed by atoms with Crippen LogP contribution in [-0.4, -0.2) is 23.1 Å². The molecule has 8 nitrogen and oxygen atoms in total. The van der Waals surface area contributed by atoms with E-state index in [4.69, 9.17) is 27.9 Å². The van der Waals surface area contributed by atoms with Crippen LogP contribution in [0.1, 0.15) is 11.1 Å². The molecule has 0 fully saturated rings. The van der Waals surface area contributed by atoms with Crippen LogP contribution in [0.15, 0.2) is 76.7 Å². The smallest absolute Gasteiger partial charge is 0.323 e. The Hall–Kier alpha value is -3.97. The minimum Gasteiger partial charge on any atom is -0.497 e. The standard InChI is InChI=1S/C26H19Cl2N5O3S/c1-36-19-7-3-5-16(11-19)23-20(13-29)24(34)33-26(32-23)37-14-15-4-2-6-17(10-15)30-25(35)31-18-8-9-21(27)22(28)12-18/h2-12H,14H2,1H3,(H2,30,31,35)(H,32,33,34). The molecule has 0 radical (unpaired) electrons. The number of benzene rings is 3. The minimum absolute atomic E-state index is 0.0724. The second-order valence-corrected chi connectivity index (χ2v) is 9.41. The molecule has 0 saturated carbocycles. The lowest BCUT2D eigenvalue weighted by atomic mass is 10.1. The predicted octanol–water partition coefficient (Wildman–Crippen LogP) is 6.56. The molecular weight excluding hydrogens is 533 g/mol. The molecule has 3 N–H and O–H groups in total. The van der Waals surface area contributed by atoms with Crippen LogP contribution in [0.2, 0.25) is 10.0 Å². The molecule has 4 aromatic rings. The van der Waals surface area contributed by atoms with Gasteiger partial charge in [-0.25, -0.2) is 9.78 Å². The molecule has 0 bridgehead atoms. The maximum Gasteiger partial charge on any atom is 0.323 e. The SMILES string of the molecule is COc1cccc(-c2nc(SCc3cccc(NC(=O)Nc4ccc(Cl)c(Cl)c4)c3)[nH]c(=O)c2C#N)c1. The maximum atomic E-state index is 12.6. The number of halogens is 2. The summed E-state index contributed by atoms with van der Waals surface area (Å²) in [5, 5.41) is 16.1. The molecule has 2 amide bonds. The topological polar surface area (TPSA) is 120 Å². The number of methoxy groups -OCH3 is 1. The van der Waals surface area contributed by atoms with Gasteiger partial charge in [0, 0.05) is 22.7 Å². The van der Waals surface area contributed by atoms with Gasteiger partial charge in [0.25, 0.3) is 5.56 Å². The van der Waals surface area contributed by atoms with Crippen LogP contribution < -0.4 is 20.9 Å². The van der Waals surface area contributed by atoms with Crippen LogP contribution in [-0.2, 0) is 5.75 Å². The normalized spacial score (nSPS) is 10.4. The number of hydrogen-bond acceptors (Lipinski definition) is 6. The second kappa shape index (κ2) is 11.8. The molecule has 0 saturated heterocycles.